The fraction of sp³-hybridized carbons (Fsp3) is 0.286. The first-order chi connectivity index (χ1) is 6.06. The quantitative estimate of drug-likeness (QED) is 0.634. The largest absolute Gasteiger partial charge is 0.494 e. The molecular formula is C7H8F2N2O2. The van der Waals surface area contributed by atoms with Crippen molar-refractivity contribution in [2.24, 2.45) is 5.73 Å². The molecule has 0 aromatic carbocycles. The number of nitrogens with one attached hydrogen (secondary N) is 1. The van der Waals surface area contributed by atoms with E-state index in [1.165, 1.54) is 0 Å². The number of aromatic amines is 1. The average Bonchev–Trinajstić information content (AvgIpc) is 2.02. The summed E-state index contributed by atoms with van der Waals surface area (Å²) in [4.78, 5) is 12.7. The highest BCUT2D eigenvalue weighted by Gasteiger charge is 2.16. The van der Waals surface area contributed by atoms with Crippen LogP contribution in [0.3, 0.4) is 0 Å². The molecule has 0 atom stereocenters. The van der Waals surface area contributed by atoms with Gasteiger partial charge in [-0.1, -0.05) is 0 Å². The first-order valence-electron chi connectivity index (χ1n) is 3.49. The Balaban J connectivity index is 3.38. The van der Waals surface area contributed by atoms with Gasteiger partial charge in [0.25, 0.3) is 12.0 Å². The van der Waals surface area contributed by atoms with Crippen molar-refractivity contribution in [1.29, 1.82) is 0 Å². The van der Waals surface area contributed by atoms with Crippen molar-refractivity contribution in [3.05, 3.63) is 27.5 Å². The minimum Gasteiger partial charge on any atom is -0.494 e. The fourth-order valence-corrected chi connectivity index (χ4v) is 1.00. The Hall–Kier alpha value is -1.43. The zero-order valence-electron chi connectivity index (χ0n) is 6.55. The molecule has 0 saturated heterocycles. The van der Waals surface area contributed by atoms with Gasteiger partial charge in [0.05, 0.1) is 0 Å². The molecule has 72 valence electrons. The van der Waals surface area contributed by atoms with Crippen molar-refractivity contribution < 1.29 is 13.9 Å². The van der Waals surface area contributed by atoms with Crippen LogP contribution in [-0.2, 0) is 6.54 Å². The minimum absolute atomic E-state index is 0.130. The van der Waals surface area contributed by atoms with E-state index in [-0.39, 0.29) is 12.1 Å². The monoisotopic (exact) mass is 190 g/mol. The zero-order valence-corrected chi connectivity index (χ0v) is 6.55. The summed E-state index contributed by atoms with van der Waals surface area (Å²) in [6.45, 7) is -0.248. The number of halogens is 2. The van der Waals surface area contributed by atoms with Crippen LogP contribution in [-0.4, -0.2) is 10.1 Å². The molecule has 1 heterocycles. The number of H-pyrrole nitrogens is 1. The van der Waals surface area contributed by atoms with Crippen LogP contribution in [0.2, 0.25) is 0 Å². The number of hydrogen-bond donors (Lipinski definition) is 3. The van der Waals surface area contributed by atoms with Gasteiger partial charge in [0, 0.05) is 23.7 Å². The third-order valence-electron chi connectivity index (χ3n) is 1.60. The molecule has 0 amide bonds. The molecule has 0 radical (unpaired) electrons. The van der Waals surface area contributed by atoms with Crippen molar-refractivity contribution in [3.8, 4) is 5.88 Å². The SMILES string of the molecule is NCc1c(C(F)F)cc(=O)[nH]c1O. The normalized spacial score (nSPS) is 10.8. The Labute approximate surface area is 72.0 Å². The molecule has 1 aromatic rings. The maximum atomic E-state index is 12.3. The second-order valence-corrected chi connectivity index (χ2v) is 2.42. The summed E-state index contributed by atoms with van der Waals surface area (Å²) in [5.74, 6) is -0.592. The van der Waals surface area contributed by atoms with E-state index in [1.807, 2.05) is 4.98 Å². The van der Waals surface area contributed by atoms with Gasteiger partial charge >= 0.3 is 0 Å². The molecule has 4 nitrogen and oxygen atoms in total. The molecule has 0 unspecified atom stereocenters. The highest BCUT2D eigenvalue weighted by atomic mass is 19.3. The van der Waals surface area contributed by atoms with Gasteiger partial charge in [-0.15, -0.1) is 0 Å². The van der Waals surface area contributed by atoms with Crippen LogP contribution >= 0.6 is 0 Å². The van der Waals surface area contributed by atoms with E-state index in [2.05, 4.69) is 0 Å². The molecule has 0 fully saturated rings. The molecule has 1 rings (SSSR count). The van der Waals surface area contributed by atoms with Gasteiger partial charge in [0.2, 0.25) is 0 Å². The summed E-state index contributed by atoms with van der Waals surface area (Å²) in [6.07, 6.45) is -2.81. The zero-order chi connectivity index (χ0) is 10.0. The predicted molar refractivity (Wildman–Crippen MR) is 41.6 cm³/mol. The van der Waals surface area contributed by atoms with Crippen molar-refractivity contribution in [2.75, 3.05) is 0 Å². The number of hydrogen-bond acceptors (Lipinski definition) is 3. The number of aromatic nitrogens is 1. The molecule has 0 aliphatic rings. The third-order valence-corrected chi connectivity index (χ3v) is 1.60. The topological polar surface area (TPSA) is 79.1 Å². The predicted octanol–water partition coefficient (Wildman–Crippen LogP) is 0.477. The number of aromatic hydroxyl groups is 1. The van der Waals surface area contributed by atoms with E-state index in [1.54, 1.807) is 0 Å². The van der Waals surface area contributed by atoms with E-state index >= 15 is 0 Å². The van der Waals surface area contributed by atoms with Gasteiger partial charge in [-0.05, 0) is 0 Å². The first-order valence-corrected chi connectivity index (χ1v) is 3.49. The molecular weight excluding hydrogens is 182 g/mol. The Morgan fingerprint density at radius 2 is 2.23 bits per heavy atom. The number of rotatable bonds is 2. The van der Waals surface area contributed by atoms with Gasteiger partial charge in [-0.25, -0.2) is 8.78 Å². The smallest absolute Gasteiger partial charge is 0.264 e. The van der Waals surface area contributed by atoms with Crippen LogP contribution in [0.1, 0.15) is 17.6 Å². The molecule has 0 bridgehead atoms. The molecule has 0 aliphatic heterocycles. The van der Waals surface area contributed by atoms with Crippen LogP contribution in [0.5, 0.6) is 5.88 Å². The summed E-state index contributed by atoms with van der Waals surface area (Å²) in [7, 11) is 0. The van der Waals surface area contributed by atoms with E-state index in [0.29, 0.717) is 0 Å². The molecule has 0 spiro atoms. The van der Waals surface area contributed by atoms with Crippen LogP contribution in [0, 0.1) is 0 Å². The summed E-state index contributed by atoms with van der Waals surface area (Å²) < 4.78 is 24.5. The Morgan fingerprint density at radius 3 is 2.69 bits per heavy atom. The highest BCUT2D eigenvalue weighted by Crippen LogP contribution is 2.25. The minimum atomic E-state index is -2.81. The summed E-state index contributed by atoms with van der Waals surface area (Å²) in [5, 5.41) is 9.05. The van der Waals surface area contributed by atoms with E-state index in [0.717, 1.165) is 6.07 Å². The second kappa shape index (κ2) is 3.53. The standard InChI is InChI=1S/C7H8F2N2O2/c8-6(9)3-1-5(12)11-7(13)4(3)2-10/h1,6H,2,10H2,(H2,11,12,13). The fourth-order valence-electron chi connectivity index (χ4n) is 1.00. The van der Waals surface area contributed by atoms with Crippen molar-refractivity contribution in [3.63, 3.8) is 0 Å². The number of alkyl halides is 2. The van der Waals surface area contributed by atoms with Gasteiger partial charge < -0.3 is 10.8 Å². The first kappa shape index (κ1) is 9.66. The van der Waals surface area contributed by atoms with Crippen LogP contribution in [0.15, 0.2) is 10.9 Å². The van der Waals surface area contributed by atoms with Crippen LogP contribution in [0.25, 0.3) is 0 Å². The van der Waals surface area contributed by atoms with Crippen LogP contribution in [0.4, 0.5) is 8.78 Å². The third kappa shape index (κ3) is 1.83. The molecule has 1 aromatic heterocycles. The van der Waals surface area contributed by atoms with Crippen molar-refractivity contribution in [1.82, 2.24) is 4.98 Å². The number of nitrogens with two attached hydrogens (primary N) is 1. The van der Waals surface area contributed by atoms with Gasteiger partial charge in [0.1, 0.15) is 0 Å². The lowest BCUT2D eigenvalue weighted by atomic mass is 10.1. The number of pyridine rings is 1. The lowest BCUT2D eigenvalue weighted by molar-refractivity contribution is 0.149. The molecule has 6 heteroatoms. The Morgan fingerprint density at radius 1 is 1.62 bits per heavy atom. The molecule has 0 aliphatic carbocycles. The Kier molecular flexibility index (Phi) is 2.62. The molecule has 13 heavy (non-hydrogen) atoms. The Bertz CT molecular complexity index is 362. The van der Waals surface area contributed by atoms with Crippen molar-refractivity contribution >= 4 is 0 Å². The second-order valence-electron chi connectivity index (χ2n) is 2.42. The maximum absolute atomic E-state index is 12.3. The van der Waals surface area contributed by atoms with Crippen LogP contribution < -0.4 is 11.3 Å². The summed E-state index contributed by atoms with van der Waals surface area (Å²) in [5.41, 5.74) is 3.70. The van der Waals surface area contributed by atoms with E-state index in [9.17, 15) is 13.6 Å². The van der Waals surface area contributed by atoms with Crippen molar-refractivity contribution in [2.45, 2.75) is 13.0 Å². The molecule has 4 N–H and O–H groups in total. The van der Waals surface area contributed by atoms with Gasteiger partial charge in [0.15, 0.2) is 5.88 Å². The summed E-state index contributed by atoms with van der Waals surface area (Å²) in [6, 6.07) is 0.729. The highest BCUT2D eigenvalue weighted by molar-refractivity contribution is 5.34. The lowest BCUT2D eigenvalue weighted by Crippen LogP contribution is -2.12. The molecule has 0 saturated carbocycles. The van der Waals surface area contributed by atoms with Gasteiger partial charge in [-0.3, -0.25) is 9.78 Å². The average molecular weight is 190 g/mol. The summed E-state index contributed by atoms with van der Waals surface area (Å²) >= 11 is 0. The van der Waals surface area contributed by atoms with Gasteiger partial charge in [-0.2, -0.15) is 0 Å². The lowest BCUT2D eigenvalue weighted by Gasteiger charge is -2.07. The van der Waals surface area contributed by atoms with E-state index in [4.69, 9.17) is 10.8 Å². The van der Waals surface area contributed by atoms with E-state index < -0.39 is 23.4 Å². The maximum Gasteiger partial charge on any atom is 0.264 e.